The fourth-order valence-electron chi connectivity index (χ4n) is 2.49. The van der Waals surface area contributed by atoms with Gasteiger partial charge >= 0.3 is 0 Å². The van der Waals surface area contributed by atoms with Crippen molar-refractivity contribution in [3.8, 4) is 0 Å². The maximum absolute atomic E-state index is 5.39. The molecule has 3 atom stereocenters. The third-order valence-electron chi connectivity index (χ3n) is 3.34. The molecule has 0 aromatic carbocycles. The van der Waals surface area contributed by atoms with E-state index in [2.05, 4.69) is 5.32 Å². The van der Waals surface area contributed by atoms with Crippen LogP contribution in [0.25, 0.3) is 0 Å². The molecule has 0 amide bonds. The Morgan fingerprint density at radius 3 is 2.89 bits per heavy atom. The van der Waals surface area contributed by atoms with Crippen molar-refractivity contribution < 1.29 is 4.74 Å². The van der Waals surface area contributed by atoms with Crippen LogP contribution in [0.15, 0.2) is 0 Å². The molecule has 3 unspecified atom stereocenters. The molecule has 3 aliphatic rings. The van der Waals surface area contributed by atoms with E-state index in [1.807, 2.05) is 0 Å². The molecule has 0 bridgehead atoms. The standard InChI is InChI=1S/C7H11NO/c1-2-7-4-9-3-6(7)8-5(1)7/h5-6,8H,1-4H2. The molecule has 9 heavy (non-hydrogen) atoms. The highest BCUT2D eigenvalue weighted by atomic mass is 16.5. The summed E-state index contributed by atoms with van der Waals surface area (Å²) < 4.78 is 5.39. The monoisotopic (exact) mass is 125 g/mol. The Kier molecular flexibility index (Phi) is 0.616. The van der Waals surface area contributed by atoms with Crippen LogP contribution in [0.4, 0.5) is 0 Å². The van der Waals surface area contributed by atoms with E-state index < -0.39 is 0 Å². The van der Waals surface area contributed by atoms with E-state index in [1.165, 1.54) is 12.8 Å². The van der Waals surface area contributed by atoms with Crippen LogP contribution >= 0.6 is 0 Å². The van der Waals surface area contributed by atoms with Gasteiger partial charge in [0, 0.05) is 17.5 Å². The molecule has 1 saturated carbocycles. The van der Waals surface area contributed by atoms with E-state index in [1.54, 1.807) is 0 Å². The minimum Gasteiger partial charge on any atom is -0.379 e. The first-order chi connectivity index (χ1) is 4.42. The Bertz CT molecular complexity index is 159. The molecule has 0 aromatic rings. The second kappa shape index (κ2) is 1.18. The van der Waals surface area contributed by atoms with Crippen molar-refractivity contribution in [3.05, 3.63) is 0 Å². The van der Waals surface area contributed by atoms with Crippen molar-refractivity contribution in [1.82, 2.24) is 5.32 Å². The number of nitrogens with one attached hydrogen (secondary N) is 1. The van der Waals surface area contributed by atoms with E-state index in [-0.39, 0.29) is 0 Å². The van der Waals surface area contributed by atoms with E-state index in [4.69, 9.17) is 4.74 Å². The lowest BCUT2D eigenvalue weighted by Crippen LogP contribution is -2.75. The molecule has 2 heteroatoms. The van der Waals surface area contributed by atoms with Crippen molar-refractivity contribution in [3.63, 3.8) is 0 Å². The molecular formula is C7H11NO. The van der Waals surface area contributed by atoms with Crippen LogP contribution in [0.3, 0.4) is 0 Å². The summed E-state index contributed by atoms with van der Waals surface area (Å²) in [7, 11) is 0. The van der Waals surface area contributed by atoms with Gasteiger partial charge in [0.1, 0.15) is 0 Å². The zero-order valence-corrected chi connectivity index (χ0v) is 5.39. The SMILES string of the molecule is C1CC23COCC2NC13. The number of rotatable bonds is 0. The van der Waals surface area contributed by atoms with Crippen molar-refractivity contribution in [1.29, 1.82) is 0 Å². The predicted molar refractivity (Wildman–Crippen MR) is 33.2 cm³/mol. The maximum Gasteiger partial charge on any atom is 0.0626 e. The van der Waals surface area contributed by atoms with Gasteiger partial charge in [0.15, 0.2) is 0 Å². The van der Waals surface area contributed by atoms with Gasteiger partial charge in [-0.1, -0.05) is 0 Å². The van der Waals surface area contributed by atoms with Gasteiger partial charge in [-0.25, -0.2) is 0 Å². The van der Waals surface area contributed by atoms with Crippen LogP contribution in [0, 0.1) is 5.41 Å². The second-order valence-electron chi connectivity index (χ2n) is 3.56. The molecule has 3 rings (SSSR count). The molecule has 2 saturated heterocycles. The highest BCUT2D eigenvalue weighted by molar-refractivity contribution is 5.18. The number of ether oxygens (including phenoxy) is 1. The van der Waals surface area contributed by atoms with Gasteiger partial charge in [0.2, 0.25) is 0 Å². The number of hydrogen-bond acceptors (Lipinski definition) is 2. The quantitative estimate of drug-likeness (QED) is 0.497. The maximum atomic E-state index is 5.39. The van der Waals surface area contributed by atoms with Crippen LogP contribution in [0.2, 0.25) is 0 Å². The predicted octanol–water partition coefficient (Wildman–Crippen LogP) is 0.137. The van der Waals surface area contributed by atoms with Gasteiger partial charge in [-0.05, 0) is 12.8 Å². The minimum atomic E-state index is 0.639. The Morgan fingerprint density at radius 1 is 1.44 bits per heavy atom. The lowest BCUT2D eigenvalue weighted by atomic mass is 9.55. The molecule has 1 spiro atoms. The summed E-state index contributed by atoms with van der Waals surface area (Å²) in [6, 6.07) is 1.57. The summed E-state index contributed by atoms with van der Waals surface area (Å²) in [5.74, 6) is 0. The fourth-order valence-corrected chi connectivity index (χ4v) is 2.49. The summed E-state index contributed by atoms with van der Waals surface area (Å²) in [5.41, 5.74) is 0.639. The summed E-state index contributed by atoms with van der Waals surface area (Å²) in [6.45, 7) is 2.01. The number of piperidine rings is 1. The lowest BCUT2D eigenvalue weighted by Gasteiger charge is -2.60. The Balaban J connectivity index is 1.95. The molecule has 1 N–H and O–H groups in total. The molecule has 50 valence electrons. The van der Waals surface area contributed by atoms with Gasteiger partial charge in [0.05, 0.1) is 13.2 Å². The van der Waals surface area contributed by atoms with Crippen molar-refractivity contribution in [2.24, 2.45) is 5.41 Å². The Hall–Kier alpha value is -0.0800. The van der Waals surface area contributed by atoms with Crippen LogP contribution in [-0.4, -0.2) is 25.3 Å². The lowest BCUT2D eigenvalue weighted by molar-refractivity contribution is -0.0491. The van der Waals surface area contributed by atoms with Crippen LogP contribution in [0.1, 0.15) is 12.8 Å². The highest BCUT2D eigenvalue weighted by Crippen LogP contribution is 2.54. The van der Waals surface area contributed by atoms with Gasteiger partial charge in [-0.2, -0.15) is 0 Å². The van der Waals surface area contributed by atoms with E-state index in [9.17, 15) is 0 Å². The smallest absolute Gasteiger partial charge is 0.0626 e. The molecule has 2 nitrogen and oxygen atoms in total. The van der Waals surface area contributed by atoms with E-state index in [0.717, 1.165) is 25.3 Å². The van der Waals surface area contributed by atoms with Gasteiger partial charge < -0.3 is 10.1 Å². The van der Waals surface area contributed by atoms with Crippen LogP contribution in [0.5, 0.6) is 0 Å². The van der Waals surface area contributed by atoms with Crippen LogP contribution < -0.4 is 5.32 Å². The number of hydrogen-bond donors (Lipinski definition) is 1. The van der Waals surface area contributed by atoms with Crippen LogP contribution in [-0.2, 0) is 4.74 Å². The molecular weight excluding hydrogens is 114 g/mol. The minimum absolute atomic E-state index is 0.639. The summed E-state index contributed by atoms with van der Waals surface area (Å²) >= 11 is 0. The van der Waals surface area contributed by atoms with E-state index in [0.29, 0.717) is 5.41 Å². The summed E-state index contributed by atoms with van der Waals surface area (Å²) in [5, 5.41) is 3.51. The summed E-state index contributed by atoms with van der Waals surface area (Å²) in [4.78, 5) is 0. The Morgan fingerprint density at radius 2 is 2.44 bits per heavy atom. The Labute approximate surface area is 54.6 Å². The average Bonchev–Trinajstić information content (AvgIpc) is 2.23. The third-order valence-corrected chi connectivity index (χ3v) is 3.34. The second-order valence-corrected chi connectivity index (χ2v) is 3.56. The van der Waals surface area contributed by atoms with Crippen molar-refractivity contribution in [2.75, 3.05) is 13.2 Å². The zero-order valence-electron chi connectivity index (χ0n) is 5.39. The molecule has 2 heterocycles. The molecule has 2 aliphatic heterocycles. The summed E-state index contributed by atoms with van der Waals surface area (Å²) in [6.07, 6.45) is 2.80. The topological polar surface area (TPSA) is 21.3 Å². The van der Waals surface area contributed by atoms with Crippen molar-refractivity contribution >= 4 is 0 Å². The van der Waals surface area contributed by atoms with Gasteiger partial charge in [-0.15, -0.1) is 0 Å². The largest absolute Gasteiger partial charge is 0.379 e. The highest BCUT2D eigenvalue weighted by Gasteiger charge is 2.63. The fraction of sp³-hybridized carbons (Fsp3) is 1.00. The first-order valence-corrected chi connectivity index (χ1v) is 3.76. The van der Waals surface area contributed by atoms with E-state index >= 15 is 0 Å². The molecule has 0 aromatic heterocycles. The normalized spacial score (nSPS) is 61.3. The molecule has 3 fully saturated rings. The first kappa shape index (κ1) is 4.69. The average molecular weight is 125 g/mol. The zero-order chi connectivity index (χ0) is 5.90. The van der Waals surface area contributed by atoms with Gasteiger partial charge in [-0.3, -0.25) is 0 Å². The van der Waals surface area contributed by atoms with Gasteiger partial charge in [0.25, 0.3) is 0 Å². The molecule has 1 aliphatic carbocycles. The van der Waals surface area contributed by atoms with Crippen molar-refractivity contribution in [2.45, 2.75) is 24.9 Å². The first-order valence-electron chi connectivity index (χ1n) is 3.76. The molecule has 0 radical (unpaired) electrons. The third kappa shape index (κ3) is 0.332.